The van der Waals surface area contributed by atoms with Crippen LogP contribution in [0.5, 0.6) is 0 Å². The number of amides is 1. The lowest BCUT2D eigenvalue weighted by molar-refractivity contribution is 0.0710. The van der Waals surface area contributed by atoms with Gasteiger partial charge in [-0.05, 0) is 43.9 Å². The first-order valence-corrected chi connectivity index (χ1v) is 9.62. The third-order valence-corrected chi connectivity index (χ3v) is 6.09. The highest BCUT2D eigenvalue weighted by atomic mass is 35.5. The van der Waals surface area contributed by atoms with E-state index >= 15 is 0 Å². The van der Waals surface area contributed by atoms with Gasteiger partial charge in [0, 0.05) is 12.1 Å². The van der Waals surface area contributed by atoms with E-state index < -0.39 is 5.54 Å². The third kappa shape index (κ3) is 3.10. The second-order valence-corrected chi connectivity index (χ2v) is 7.92. The molecule has 1 saturated carbocycles. The van der Waals surface area contributed by atoms with E-state index in [0.29, 0.717) is 33.9 Å². The van der Waals surface area contributed by atoms with Gasteiger partial charge in [-0.1, -0.05) is 41.2 Å². The van der Waals surface area contributed by atoms with Crippen molar-refractivity contribution < 1.29 is 9.32 Å². The molecule has 1 unspecified atom stereocenters. The third-order valence-electron chi connectivity index (χ3n) is 5.35. The van der Waals surface area contributed by atoms with Crippen LogP contribution in [0.3, 0.4) is 0 Å². The minimum absolute atomic E-state index is 0.117. The standard InChI is InChI=1S/C18H20Cl2N4O2/c19-12-6-5-11(10-13(12)20)16(25)24-9-3-4-14(24)15-22-17(23-26-15)18(21)7-1-2-8-18/h5-6,10,14H,1-4,7-9,21H2. The van der Waals surface area contributed by atoms with Crippen LogP contribution in [0.15, 0.2) is 22.7 Å². The lowest BCUT2D eigenvalue weighted by Gasteiger charge is -2.22. The smallest absolute Gasteiger partial charge is 0.254 e. The van der Waals surface area contributed by atoms with Crippen molar-refractivity contribution in [2.24, 2.45) is 5.73 Å². The summed E-state index contributed by atoms with van der Waals surface area (Å²) in [4.78, 5) is 19.2. The zero-order valence-corrected chi connectivity index (χ0v) is 15.8. The topological polar surface area (TPSA) is 85.2 Å². The maximum atomic E-state index is 12.9. The molecule has 1 aliphatic heterocycles. The monoisotopic (exact) mass is 394 g/mol. The van der Waals surface area contributed by atoms with Crippen LogP contribution in [0.1, 0.15) is 66.6 Å². The molecule has 1 atom stereocenters. The van der Waals surface area contributed by atoms with Crippen LogP contribution in [-0.4, -0.2) is 27.5 Å². The average Bonchev–Trinajstić information content (AvgIpc) is 3.36. The van der Waals surface area contributed by atoms with Crippen LogP contribution in [-0.2, 0) is 5.54 Å². The molecule has 2 fully saturated rings. The van der Waals surface area contributed by atoms with E-state index in [1.54, 1.807) is 23.1 Å². The van der Waals surface area contributed by atoms with Crippen LogP contribution in [0.2, 0.25) is 10.0 Å². The Morgan fingerprint density at radius 3 is 2.73 bits per heavy atom. The molecule has 1 aromatic carbocycles. The average molecular weight is 395 g/mol. The normalized spacial score (nSPS) is 22.1. The molecule has 8 heteroatoms. The first-order valence-electron chi connectivity index (χ1n) is 8.87. The SMILES string of the molecule is NC1(c2noc(C3CCCN3C(=O)c3ccc(Cl)c(Cl)c3)n2)CCCC1. The Kier molecular flexibility index (Phi) is 4.67. The number of rotatable bonds is 3. The van der Waals surface area contributed by atoms with E-state index in [1.165, 1.54) is 0 Å². The molecule has 0 spiro atoms. The molecule has 1 amide bonds. The molecule has 0 bridgehead atoms. The number of hydrogen-bond acceptors (Lipinski definition) is 5. The molecule has 1 aromatic heterocycles. The van der Waals surface area contributed by atoms with E-state index in [1.807, 2.05) is 0 Å². The van der Waals surface area contributed by atoms with Crippen LogP contribution in [0.25, 0.3) is 0 Å². The molecule has 2 aromatic rings. The van der Waals surface area contributed by atoms with E-state index in [0.717, 1.165) is 38.5 Å². The van der Waals surface area contributed by atoms with Gasteiger partial charge < -0.3 is 15.2 Å². The lowest BCUT2D eigenvalue weighted by atomic mass is 9.98. The maximum absolute atomic E-state index is 12.9. The van der Waals surface area contributed by atoms with Gasteiger partial charge in [0.05, 0.1) is 15.6 Å². The van der Waals surface area contributed by atoms with Crippen molar-refractivity contribution in [2.45, 2.75) is 50.1 Å². The van der Waals surface area contributed by atoms with Crippen molar-refractivity contribution >= 4 is 29.1 Å². The Balaban J connectivity index is 1.57. The highest BCUT2D eigenvalue weighted by Gasteiger charge is 2.39. The second-order valence-electron chi connectivity index (χ2n) is 7.10. The lowest BCUT2D eigenvalue weighted by Crippen LogP contribution is -2.34. The summed E-state index contributed by atoms with van der Waals surface area (Å²) in [6, 6.07) is 4.67. The van der Waals surface area contributed by atoms with Crippen LogP contribution >= 0.6 is 23.2 Å². The Hall–Kier alpha value is -1.63. The summed E-state index contributed by atoms with van der Waals surface area (Å²) >= 11 is 12.0. The van der Waals surface area contributed by atoms with E-state index in [9.17, 15) is 4.79 Å². The first-order chi connectivity index (χ1) is 12.5. The highest BCUT2D eigenvalue weighted by Crippen LogP contribution is 2.37. The van der Waals surface area contributed by atoms with Gasteiger partial charge in [0.2, 0.25) is 5.89 Å². The molecule has 1 aliphatic carbocycles. The summed E-state index contributed by atoms with van der Waals surface area (Å²) in [5.41, 5.74) is 6.41. The van der Waals surface area contributed by atoms with Gasteiger partial charge in [0.15, 0.2) is 5.82 Å². The molecule has 0 radical (unpaired) electrons. The molecule has 26 heavy (non-hydrogen) atoms. The number of nitrogens with zero attached hydrogens (tertiary/aromatic N) is 3. The minimum atomic E-state index is -0.501. The molecule has 4 rings (SSSR count). The molecule has 138 valence electrons. The van der Waals surface area contributed by atoms with Gasteiger partial charge in [-0.3, -0.25) is 4.79 Å². The van der Waals surface area contributed by atoms with Gasteiger partial charge in [0.1, 0.15) is 6.04 Å². The summed E-state index contributed by atoms with van der Waals surface area (Å²) < 4.78 is 5.50. The zero-order valence-electron chi connectivity index (χ0n) is 14.3. The number of hydrogen-bond donors (Lipinski definition) is 1. The van der Waals surface area contributed by atoms with Crippen LogP contribution < -0.4 is 5.73 Å². The van der Waals surface area contributed by atoms with Crippen molar-refractivity contribution in [3.05, 3.63) is 45.5 Å². The predicted octanol–water partition coefficient (Wildman–Crippen LogP) is 4.08. The van der Waals surface area contributed by atoms with Crippen molar-refractivity contribution in [1.82, 2.24) is 15.0 Å². The number of likely N-dealkylation sites (tertiary alicyclic amines) is 1. The molecular formula is C18H20Cl2N4O2. The van der Waals surface area contributed by atoms with Gasteiger partial charge in [0.25, 0.3) is 5.91 Å². The number of aromatic nitrogens is 2. The number of carbonyl (C=O) groups excluding carboxylic acids is 1. The highest BCUT2D eigenvalue weighted by molar-refractivity contribution is 6.42. The number of halogens is 2. The van der Waals surface area contributed by atoms with Gasteiger partial charge >= 0.3 is 0 Å². The maximum Gasteiger partial charge on any atom is 0.254 e. The summed E-state index contributed by atoms with van der Waals surface area (Å²) in [7, 11) is 0. The van der Waals surface area contributed by atoms with Crippen LogP contribution in [0, 0.1) is 0 Å². The largest absolute Gasteiger partial charge is 0.337 e. The molecule has 2 N–H and O–H groups in total. The molecule has 2 heterocycles. The molecular weight excluding hydrogens is 375 g/mol. The Labute approximate surface area is 161 Å². The quantitative estimate of drug-likeness (QED) is 0.847. The molecule has 6 nitrogen and oxygen atoms in total. The van der Waals surface area contributed by atoms with Crippen molar-refractivity contribution in [3.8, 4) is 0 Å². The number of benzene rings is 1. The Morgan fingerprint density at radius 2 is 2.00 bits per heavy atom. The fourth-order valence-electron chi connectivity index (χ4n) is 3.86. The van der Waals surface area contributed by atoms with Crippen molar-refractivity contribution in [1.29, 1.82) is 0 Å². The minimum Gasteiger partial charge on any atom is -0.337 e. The van der Waals surface area contributed by atoms with E-state index in [-0.39, 0.29) is 11.9 Å². The van der Waals surface area contributed by atoms with Crippen molar-refractivity contribution in [2.75, 3.05) is 6.54 Å². The molecule has 1 saturated heterocycles. The van der Waals surface area contributed by atoms with E-state index in [2.05, 4.69) is 10.1 Å². The number of carbonyl (C=O) groups is 1. The zero-order chi connectivity index (χ0) is 18.3. The summed E-state index contributed by atoms with van der Waals surface area (Å²) in [5.74, 6) is 0.899. The number of nitrogens with two attached hydrogens (primary N) is 1. The molecule has 2 aliphatic rings. The summed E-state index contributed by atoms with van der Waals surface area (Å²) in [6.07, 6.45) is 5.54. The fourth-order valence-corrected chi connectivity index (χ4v) is 4.16. The van der Waals surface area contributed by atoms with E-state index in [4.69, 9.17) is 33.5 Å². The summed E-state index contributed by atoms with van der Waals surface area (Å²) in [5, 5.41) is 4.90. The van der Waals surface area contributed by atoms with Crippen molar-refractivity contribution in [3.63, 3.8) is 0 Å². The van der Waals surface area contributed by atoms with Gasteiger partial charge in [-0.25, -0.2) is 0 Å². The van der Waals surface area contributed by atoms with Gasteiger partial charge in [-0.2, -0.15) is 4.98 Å². The summed E-state index contributed by atoms with van der Waals surface area (Å²) in [6.45, 7) is 0.634. The first kappa shape index (κ1) is 17.8. The fraction of sp³-hybridized carbons (Fsp3) is 0.500. The predicted molar refractivity (Wildman–Crippen MR) is 98.1 cm³/mol. The Bertz CT molecular complexity index is 832. The van der Waals surface area contributed by atoms with Gasteiger partial charge in [-0.15, -0.1) is 0 Å². The second kappa shape index (κ2) is 6.83. The Morgan fingerprint density at radius 1 is 1.23 bits per heavy atom. The van der Waals surface area contributed by atoms with Crippen LogP contribution in [0.4, 0.5) is 0 Å².